The van der Waals surface area contributed by atoms with Gasteiger partial charge in [0.05, 0.1) is 13.1 Å². The Morgan fingerprint density at radius 2 is 2.20 bits per heavy atom. The zero-order valence-corrected chi connectivity index (χ0v) is 9.00. The van der Waals surface area contributed by atoms with E-state index in [2.05, 4.69) is 10.6 Å². The van der Waals surface area contributed by atoms with E-state index in [-0.39, 0.29) is 5.91 Å². The van der Waals surface area contributed by atoms with Crippen molar-refractivity contribution in [1.82, 2.24) is 5.32 Å². The van der Waals surface area contributed by atoms with E-state index in [1.165, 1.54) is 0 Å². The monoisotopic (exact) mass is 205 g/mol. The van der Waals surface area contributed by atoms with Crippen molar-refractivity contribution in [3.05, 3.63) is 23.8 Å². The van der Waals surface area contributed by atoms with E-state index in [1.807, 2.05) is 32.3 Å². The van der Waals surface area contributed by atoms with Gasteiger partial charge in [-0.2, -0.15) is 0 Å². The zero-order valence-electron chi connectivity index (χ0n) is 9.00. The number of nitrogens with zero attached hydrogens (tertiary/aromatic N) is 1. The fourth-order valence-corrected chi connectivity index (χ4v) is 1.87. The molecular formula is C11H15N3O. The normalized spacial score (nSPS) is 14.3. The molecule has 0 bridgehead atoms. The number of nitrogens with one attached hydrogen (secondary N) is 2. The Bertz CT molecular complexity index is 389. The zero-order chi connectivity index (χ0) is 10.8. The lowest BCUT2D eigenvalue weighted by atomic mass is 10.1. The summed E-state index contributed by atoms with van der Waals surface area (Å²) in [4.78, 5) is 13.5. The Balaban J connectivity index is 2.34. The largest absolute Gasteiger partial charge is 0.388 e. The molecule has 0 saturated heterocycles. The van der Waals surface area contributed by atoms with Crippen LogP contribution in [0.3, 0.4) is 0 Å². The molecule has 1 aromatic rings. The van der Waals surface area contributed by atoms with E-state index >= 15 is 0 Å². The highest BCUT2D eigenvalue weighted by Gasteiger charge is 2.26. The van der Waals surface area contributed by atoms with Crippen LogP contribution in [0.4, 0.5) is 11.4 Å². The van der Waals surface area contributed by atoms with Gasteiger partial charge in [0.25, 0.3) is 0 Å². The number of amides is 1. The second kappa shape index (κ2) is 3.90. The molecule has 1 aliphatic rings. The average molecular weight is 205 g/mol. The average Bonchev–Trinajstić information content (AvgIpc) is 2.55. The molecule has 0 fully saturated rings. The highest BCUT2D eigenvalue weighted by molar-refractivity contribution is 6.01. The van der Waals surface area contributed by atoms with Crippen molar-refractivity contribution in [3.63, 3.8) is 0 Å². The van der Waals surface area contributed by atoms with Crippen LogP contribution in [0.2, 0.25) is 0 Å². The van der Waals surface area contributed by atoms with Crippen molar-refractivity contribution in [2.75, 3.05) is 31.0 Å². The van der Waals surface area contributed by atoms with Crippen LogP contribution in [0.25, 0.3) is 0 Å². The summed E-state index contributed by atoms with van der Waals surface area (Å²) in [5, 5.41) is 6.07. The maximum atomic E-state index is 11.7. The van der Waals surface area contributed by atoms with Crippen LogP contribution in [0.5, 0.6) is 0 Å². The van der Waals surface area contributed by atoms with Gasteiger partial charge in [-0.15, -0.1) is 0 Å². The van der Waals surface area contributed by atoms with Crippen molar-refractivity contribution < 1.29 is 4.79 Å². The summed E-state index contributed by atoms with van der Waals surface area (Å²) < 4.78 is 0. The number of benzene rings is 1. The molecule has 4 heteroatoms. The van der Waals surface area contributed by atoms with Crippen LogP contribution in [0.1, 0.15) is 5.56 Å². The minimum Gasteiger partial charge on any atom is -0.388 e. The van der Waals surface area contributed by atoms with Crippen LogP contribution in [0, 0.1) is 0 Å². The molecule has 1 heterocycles. The Morgan fingerprint density at radius 3 is 2.87 bits per heavy atom. The molecule has 1 aromatic carbocycles. The molecule has 2 N–H and O–H groups in total. The van der Waals surface area contributed by atoms with E-state index in [4.69, 9.17) is 0 Å². The standard InChI is InChI=1S/C11H15N3O/c1-12-7-14-10-4-3-9(13-2)5-8(10)6-11(14)15/h3-5,12-13H,6-7H2,1-2H3. The first-order valence-electron chi connectivity index (χ1n) is 5.02. The fraction of sp³-hybridized carbons (Fsp3) is 0.364. The van der Waals surface area contributed by atoms with Gasteiger partial charge in [-0.05, 0) is 30.8 Å². The maximum absolute atomic E-state index is 11.7. The highest BCUT2D eigenvalue weighted by atomic mass is 16.2. The molecule has 0 aliphatic carbocycles. The van der Waals surface area contributed by atoms with E-state index in [1.54, 1.807) is 4.90 Å². The molecule has 15 heavy (non-hydrogen) atoms. The van der Waals surface area contributed by atoms with E-state index < -0.39 is 0 Å². The van der Waals surface area contributed by atoms with Crippen molar-refractivity contribution in [3.8, 4) is 0 Å². The number of fused-ring (bicyclic) bond motifs is 1. The number of carbonyl (C=O) groups excluding carboxylic acids is 1. The van der Waals surface area contributed by atoms with E-state index in [0.717, 1.165) is 16.9 Å². The predicted molar refractivity (Wildman–Crippen MR) is 61.1 cm³/mol. The second-order valence-corrected chi connectivity index (χ2v) is 3.60. The molecule has 0 unspecified atom stereocenters. The van der Waals surface area contributed by atoms with Crippen molar-refractivity contribution in [2.45, 2.75) is 6.42 Å². The van der Waals surface area contributed by atoms with Gasteiger partial charge >= 0.3 is 0 Å². The minimum atomic E-state index is 0.160. The molecule has 0 saturated carbocycles. The number of anilines is 2. The van der Waals surface area contributed by atoms with Crippen LogP contribution in [-0.4, -0.2) is 26.7 Å². The molecule has 2 rings (SSSR count). The summed E-state index contributed by atoms with van der Waals surface area (Å²) >= 11 is 0. The van der Waals surface area contributed by atoms with Crippen molar-refractivity contribution in [2.24, 2.45) is 0 Å². The molecule has 1 amide bonds. The maximum Gasteiger partial charge on any atom is 0.232 e. The van der Waals surface area contributed by atoms with Gasteiger partial charge in [-0.25, -0.2) is 0 Å². The Hall–Kier alpha value is -1.55. The number of hydrogen-bond donors (Lipinski definition) is 2. The first-order chi connectivity index (χ1) is 7.26. The Labute approximate surface area is 89.3 Å². The van der Waals surface area contributed by atoms with Gasteiger partial charge in [-0.3, -0.25) is 9.69 Å². The summed E-state index contributed by atoms with van der Waals surface area (Å²) in [5.74, 6) is 0.160. The van der Waals surface area contributed by atoms with Gasteiger partial charge in [0.15, 0.2) is 0 Å². The number of hydrogen-bond acceptors (Lipinski definition) is 3. The summed E-state index contributed by atoms with van der Waals surface area (Å²) in [7, 11) is 3.72. The topological polar surface area (TPSA) is 44.4 Å². The fourth-order valence-electron chi connectivity index (χ4n) is 1.87. The van der Waals surface area contributed by atoms with Gasteiger partial charge in [-0.1, -0.05) is 0 Å². The first-order valence-corrected chi connectivity index (χ1v) is 5.02. The molecule has 4 nitrogen and oxygen atoms in total. The third kappa shape index (κ3) is 1.68. The van der Waals surface area contributed by atoms with Crippen molar-refractivity contribution >= 4 is 17.3 Å². The molecule has 0 aromatic heterocycles. The molecule has 0 spiro atoms. The predicted octanol–water partition coefficient (Wildman–Crippen LogP) is 0.794. The van der Waals surface area contributed by atoms with Crippen molar-refractivity contribution in [1.29, 1.82) is 0 Å². The van der Waals surface area contributed by atoms with Gasteiger partial charge < -0.3 is 10.6 Å². The summed E-state index contributed by atoms with van der Waals surface area (Å²) in [6, 6.07) is 6.01. The van der Waals surface area contributed by atoms with Gasteiger partial charge in [0, 0.05) is 18.4 Å². The third-order valence-electron chi connectivity index (χ3n) is 2.62. The van der Waals surface area contributed by atoms with Gasteiger partial charge in [0.1, 0.15) is 0 Å². The molecule has 0 radical (unpaired) electrons. The van der Waals surface area contributed by atoms with Crippen LogP contribution >= 0.6 is 0 Å². The lowest BCUT2D eigenvalue weighted by Crippen LogP contribution is -2.34. The third-order valence-corrected chi connectivity index (χ3v) is 2.62. The summed E-state index contributed by atoms with van der Waals surface area (Å²) in [6.07, 6.45) is 0.506. The highest BCUT2D eigenvalue weighted by Crippen LogP contribution is 2.30. The molecule has 80 valence electrons. The smallest absolute Gasteiger partial charge is 0.232 e. The lowest BCUT2D eigenvalue weighted by Gasteiger charge is -2.16. The Kier molecular flexibility index (Phi) is 2.60. The SMILES string of the molecule is CNCN1C(=O)Cc2cc(NC)ccc21. The second-order valence-electron chi connectivity index (χ2n) is 3.60. The number of rotatable bonds is 3. The summed E-state index contributed by atoms with van der Waals surface area (Å²) in [5.41, 5.74) is 3.17. The lowest BCUT2D eigenvalue weighted by molar-refractivity contribution is -0.117. The molecular weight excluding hydrogens is 190 g/mol. The van der Waals surface area contributed by atoms with Crippen LogP contribution in [0.15, 0.2) is 18.2 Å². The van der Waals surface area contributed by atoms with E-state index in [0.29, 0.717) is 13.1 Å². The quantitative estimate of drug-likeness (QED) is 0.767. The first kappa shape index (κ1) is 9.98. The molecule has 0 atom stereocenters. The van der Waals surface area contributed by atoms with Gasteiger partial charge in [0.2, 0.25) is 5.91 Å². The van der Waals surface area contributed by atoms with Crippen LogP contribution in [-0.2, 0) is 11.2 Å². The minimum absolute atomic E-state index is 0.160. The Morgan fingerprint density at radius 1 is 1.40 bits per heavy atom. The van der Waals surface area contributed by atoms with Crippen LogP contribution < -0.4 is 15.5 Å². The molecule has 1 aliphatic heterocycles. The number of carbonyl (C=O) groups is 1. The van der Waals surface area contributed by atoms with E-state index in [9.17, 15) is 4.79 Å². The summed E-state index contributed by atoms with van der Waals surface area (Å²) in [6.45, 7) is 0.574.